The third-order valence-electron chi connectivity index (χ3n) is 2.40. The molecule has 0 saturated heterocycles. The van der Waals surface area contributed by atoms with Gasteiger partial charge in [-0.3, -0.25) is 4.79 Å². The van der Waals surface area contributed by atoms with Gasteiger partial charge in [-0.05, 0) is 38.1 Å². The summed E-state index contributed by atoms with van der Waals surface area (Å²) in [7, 11) is 1.62. The van der Waals surface area contributed by atoms with Gasteiger partial charge in [-0.15, -0.1) is 12.4 Å². The highest BCUT2D eigenvalue weighted by Crippen LogP contribution is 2.07. The molecule has 0 aliphatic rings. The lowest BCUT2D eigenvalue weighted by atomic mass is 10.1. The summed E-state index contributed by atoms with van der Waals surface area (Å²) >= 11 is 0. The van der Waals surface area contributed by atoms with Gasteiger partial charge in [-0.25, -0.2) is 0 Å². The molecule has 0 saturated carbocycles. The zero-order chi connectivity index (χ0) is 12.2. The van der Waals surface area contributed by atoms with Gasteiger partial charge in [-0.2, -0.15) is 0 Å². The minimum atomic E-state index is -0.358. The molecule has 3 N–H and O–H groups in total. The first-order chi connectivity index (χ1) is 7.44. The first-order valence-corrected chi connectivity index (χ1v) is 5.13. The van der Waals surface area contributed by atoms with Gasteiger partial charge in [0.25, 0.3) is 5.91 Å². The number of amides is 1. The first kappa shape index (κ1) is 15.7. The van der Waals surface area contributed by atoms with E-state index in [9.17, 15) is 4.79 Å². The molecular weight excluding hydrogens is 240 g/mol. The molecule has 5 heteroatoms. The molecule has 1 aromatic rings. The zero-order valence-electron chi connectivity index (χ0n) is 10.3. The Morgan fingerprint density at radius 2 is 1.88 bits per heavy atom. The number of halogens is 1. The molecule has 0 spiro atoms. The van der Waals surface area contributed by atoms with Gasteiger partial charge in [0.1, 0.15) is 0 Å². The lowest BCUT2D eigenvalue weighted by Gasteiger charge is -2.23. The van der Waals surface area contributed by atoms with E-state index in [1.54, 1.807) is 31.4 Å². The maximum absolute atomic E-state index is 11.7. The number of carbonyl (C=O) groups excluding carboxylic acids is 1. The number of carbonyl (C=O) groups is 1. The minimum Gasteiger partial charge on any atom is -0.399 e. The van der Waals surface area contributed by atoms with Crippen molar-refractivity contribution in [1.82, 2.24) is 5.32 Å². The second kappa shape index (κ2) is 6.47. The van der Waals surface area contributed by atoms with Crippen LogP contribution in [0.1, 0.15) is 24.2 Å². The summed E-state index contributed by atoms with van der Waals surface area (Å²) in [5.74, 6) is -0.120. The van der Waals surface area contributed by atoms with Gasteiger partial charge in [-0.1, -0.05) is 0 Å². The van der Waals surface area contributed by atoms with Gasteiger partial charge >= 0.3 is 0 Å². The van der Waals surface area contributed by atoms with Crippen LogP contribution in [0.15, 0.2) is 24.3 Å². The van der Waals surface area contributed by atoms with Crippen LogP contribution in [0.2, 0.25) is 0 Å². The van der Waals surface area contributed by atoms with Crippen LogP contribution in [-0.4, -0.2) is 25.2 Å². The number of methoxy groups -OCH3 is 1. The minimum absolute atomic E-state index is 0. The summed E-state index contributed by atoms with van der Waals surface area (Å²) in [4.78, 5) is 11.7. The van der Waals surface area contributed by atoms with E-state index in [1.165, 1.54) is 0 Å². The molecule has 0 unspecified atom stereocenters. The Kier molecular flexibility index (Phi) is 5.99. The van der Waals surface area contributed by atoms with Crippen molar-refractivity contribution in [3.05, 3.63) is 29.8 Å². The molecule has 1 amide bonds. The Balaban J connectivity index is 0.00000256. The average molecular weight is 259 g/mol. The Morgan fingerprint density at radius 1 is 1.35 bits per heavy atom. The van der Waals surface area contributed by atoms with E-state index < -0.39 is 0 Å². The van der Waals surface area contributed by atoms with E-state index in [0.29, 0.717) is 17.8 Å². The highest BCUT2D eigenvalue weighted by molar-refractivity contribution is 5.94. The van der Waals surface area contributed by atoms with Gasteiger partial charge < -0.3 is 15.8 Å². The van der Waals surface area contributed by atoms with E-state index in [2.05, 4.69) is 5.32 Å². The summed E-state index contributed by atoms with van der Waals surface area (Å²) in [5, 5.41) is 2.80. The number of anilines is 1. The van der Waals surface area contributed by atoms with Gasteiger partial charge in [0.15, 0.2) is 0 Å². The second-order valence-electron chi connectivity index (χ2n) is 4.27. The smallest absolute Gasteiger partial charge is 0.251 e. The van der Waals surface area contributed by atoms with Crippen molar-refractivity contribution in [2.24, 2.45) is 0 Å². The molecule has 0 bridgehead atoms. The first-order valence-electron chi connectivity index (χ1n) is 5.13. The van der Waals surface area contributed by atoms with Crippen LogP contribution in [0.25, 0.3) is 0 Å². The summed E-state index contributed by atoms with van der Waals surface area (Å²) in [6.45, 7) is 4.29. The number of nitrogens with one attached hydrogen (secondary N) is 1. The third-order valence-corrected chi connectivity index (χ3v) is 2.40. The molecule has 1 aromatic carbocycles. The van der Waals surface area contributed by atoms with Crippen molar-refractivity contribution in [3.8, 4) is 0 Å². The largest absolute Gasteiger partial charge is 0.399 e. The summed E-state index contributed by atoms with van der Waals surface area (Å²) in [5.41, 5.74) is 6.43. The number of benzene rings is 1. The van der Waals surface area contributed by atoms with Gasteiger partial charge in [0.05, 0.1) is 5.60 Å². The number of nitrogens with two attached hydrogens (primary N) is 1. The summed E-state index contributed by atoms with van der Waals surface area (Å²) in [6.07, 6.45) is 0. The second-order valence-corrected chi connectivity index (χ2v) is 4.27. The Labute approximate surface area is 108 Å². The molecule has 0 heterocycles. The fraction of sp³-hybridized carbons (Fsp3) is 0.417. The molecule has 0 aromatic heterocycles. The Bertz CT molecular complexity index is 363. The maximum Gasteiger partial charge on any atom is 0.251 e. The fourth-order valence-corrected chi connectivity index (χ4v) is 1.10. The van der Waals surface area contributed by atoms with Crippen molar-refractivity contribution in [2.75, 3.05) is 19.4 Å². The van der Waals surface area contributed by atoms with Crippen molar-refractivity contribution in [2.45, 2.75) is 19.4 Å². The molecule has 0 aliphatic heterocycles. The molecule has 0 fully saturated rings. The molecule has 4 nitrogen and oxygen atoms in total. The highest BCUT2D eigenvalue weighted by atomic mass is 35.5. The van der Waals surface area contributed by atoms with Crippen LogP contribution in [0, 0.1) is 0 Å². The number of hydrogen-bond acceptors (Lipinski definition) is 3. The summed E-state index contributed by atoms with van der Waals surface area (Å²) in [6, 6.07) is 6.81. The van der Waals surface area contributed by atoms with Crippen molar-refractivity contribution < 1.29 is 9.53 Å². The normalized spacial score (nSPS) is 10.5. The van der Waals surface area contributed by atoms with Gasteiger partial charge in [0.2, 0.25) is 0 Å². The molecule has 96 valence electrons. The predicted octanol–water partition coefficient (Wildman–Crippen LogP) is 1.85. The van der Waals surface area contributed by atoms with E-state index in [0.717, 1.165) is 0 Å². The van der Waals surface area contributed by atoms with Crippen molar-refractivity contribution in [3.63, 3.8) is 0 Å². The third kappa shape index (κ3) is 5.06. The number of rotatable bonds is 4. The van der Waals surface area contributed by atoms with Crippen LogP contribution in [0.5, 0.6) is 0 Å². The SMILES string of the molecule is COC(C)(C)CNC(=O)c1ccc(N)cc1.Cl. The Hall–Kier alpha value is -1.26. The quantitative estimate of drug-likeness (QED) is 0.810. The molecule has 0 radical (unpaired) electrons. The van der Waals surface area contributed by atoms with Crippen LogP contribution in [0.3, 0.4) is 0 Å². The van der Waals surface area contributed by atoms with Crippen molar-refractivity contribution in [1.29, 1.82) is 0 Å². The number of ether oxygens (including phenoxy) is 1. The van der Waals surface area contributed by atoms with Crippen LogP contribution >= 0.6 is 12.4 Å². The van der Waals surface area contributed by atoms with Crippen LogP contribution < -0.4 is 11.1 Å². The lowest BCUT2D eigenvalue weighted by molar-refractivity contribution is 0.0229. The standard InChI is InChI=1S/C12H18N2O2.ClH/c1-12(2,16-3)8-14-11(15)9-4-6-10(13)7-5-9;/h4-7H,8,13H2,1-3H3,(H,14,15);1H. The average Bonchev–Trinajstić information content (AvgIpc) is 2.27. The lowest BCUT2D eigenvalue weighted by Crippen LogP contribution is -2.39. The predicted molar refractivity (Wildman–Crippen MR) is 71.5 cm³/mol. The molecule has 0 aliphatic carbocycles. The monoisotopic (exact) mass is 258 g/mol. The zero-order valence-corrected chi connectivity index (χ0v) is 11.1. The van der Waals surface area contributed by atoms with Crippen LogP contribution in [-0.2, 0) is 4.74 Å². The topological polar surface area (TPSA) is 64.3 Å². The summed E-state index contributed by atoms with van der Waals surface area (Å²) < 4.78 is 5.21. The van der Waals surface area contributed by atoms with Crippen LogP contribution in [0.4, 0.5) is 5.69 Å². The molecule has 17 heavy (non-hydrogen) atoms. The number of hydrogen-bond donors (Lipinski definition) is 2. The molecule has 0 atom stereocenters. The highest BCUT2D eigenvalue weighted by Gasteiger charge is 2.17. The fourth-order valence-electron chi connectivity index (χ4n) is 1.10. The van der Waals surface area contributed by atoms with E-state index in [4.69, 9.17) is 10.5 Å². The van der Waals surface area contributed by atoms with E-state index in [-0.39, 0.29) is 23.9 Å². The maximum atomic E-state index is 11.7. The van der Waals surface area contributed by atoms with E-state index >= 15 is 0 Å². The molecular formula is C12H19ClN2O2. The van der Waals surface area contributed by atoms with Gasteiger partial charge in [0, 0.05) is 24.9 Å². The van der Waals surface area contributed by atoms with E-state index in [1.807, 2.05) is 13.8 Å². The Morgan fingerprint density at radius 3 is 2.35 bits per heavy atom. The molecule has 1 rings (SSSR count). The number of nitrogen functional groups attached to an aromatic ring is 1. The van der Waals surface area contributed by atoms with Crippen molar-refractivity contribution >= 4 is 24.0 Å².